The summed E-state index contributed by atoms with van der Waals surface area (Å²) < 4.78 is 10.9. The van der Waals surface area contributed by atoms with Crippen LogP contribution in [0.1, 0.15) is 24.0 Å². The Hall–Kier alpha value is -3.43. The standard InChI is InChI=1S/C23H24N2O7/c1-23(21(28)25-32-12-20(26)27)13-30-11-19(23)24-22(29)31-10-18-16-8-4-2-6-14(16)15-7-3-5-9-17(15)18/h2-9,18-19H,10-13H2,1H3,(H,24,29)(H,25,28)(H,26,27). The Morgan fingerprint density at radius 1 is 1.09 bits per heavy atom. The second-order valence-corrected chi connectivity index (χ2v) is 8.07. The van der Waals surface area contributed by atoms with E-state index in [1.54, 1.807) is 6.92 Å². The number of hydroxylamine groups is 1. The number of rotatable bonds is 7. The third-order valence-electron chi connectivity index (χ3n) is 5.97. The second-order valence-electron chi connectivity index (χ2n) is 8.07. The predicted octanol–water partition coefficient (Wildman–Crippen LogP) is 2.06. The maximum atomic E-state index is 12.6. The Morgan fingerprint density at radius 2 is 1.72 bits per heavy atom. The maximum absolute atomic E-state index is 12.6. The molecule has 0 bridgehead atoms. The summed E-state index contributed by atoms with van der Waals surface area (Å²) in [5, 5.41) is 11.3. The monoisotopic (exact) mass is 440 g/mol. The number of carbonyl (C=O) groups is 3. The number of ether oxygens (including phenoxy) is 2. The number of hydrogen-bond donors (Lipinski definition) is 3. The lowest BCUT2D eigenvalue weighted by Gasteiger charge is -2.28. The highest BCUT2D eigenvalue weighted by molar-refractivity contribution is 5.84. The van der Waals surface area contributed by atoms with Crippen LogP contribution in [0, 0.1) is 5.41 Å². The molecular weight excluding hydrogens is 416 g/mol. The van der Waals surface area contributed by atoms with Crippen molar-refractivity contribution in [2.75, 3.05) is 26.4 Å². The lowest BCUT2D eigenvalue weighted by molar-refractivity contribution is -0.153. The fraction of sp³-hybridized carbons (Fsp3) is 0.348. The van der Waals surface area contributed by atoms with Gasteiger partial charge in [0.15, 0.2) is 6.61 Å². The first-order valence-electron chi connectivity index (χ1n) is 10.2. The molecule has 0 radical (unpaired) electrons. The molecule has 9 nitrogen and oxygen atoms in total. The molecule has 2 aromatic carbocycles. The van der Waals surface area contributed by atoms with Gasteiger partial charge >= 0.3 is 12.1 Å². The molecule has 1 fully saturated rings. The average Bonchev–Trinajstić information content (AvgIpc) is 3.31. The molecule has 2 atom stereocenters. The summed E-state index contributed by atoms with van der Waals surface area (Å²) in [5.74, 6) is -1.88. The lowest BCUT2D eigenvalue weighted by atomic mass is 9.84. The molecular formula is C23H24N2O7. The zero-order chi connectivity index (χ0) is 22.7. The van der Waals surface area contributed by atoms with Crippen molar-refractivity contribution in [1.29, 1.82) is 0 Å². The van der Waals surface area contributed by atoms with Crippen molar-refractivity contribution in [3.63, 3.8) is 0 Å². The van der Waals surface area contributed by atoms with E-state index in [-0.39, 0.29) is 25.7 Å². The van der Waals surface area contributed by atoms with Crippen molar-refractivity contribution in [1.82, 2.24) is 10.8 Å². The molecule has 4 rings (SSSR count). The van der Waals surface area contributed by atoms with E-state index in [4.69, 9.17) is 14.6 Å². The van der Waals surface area contributed by atoms with Gasteiger partial charge in [0.2, 0.25) is 0 Å². The van der Waals surface area contributed by atoms with Crippen LogP contribution in [0.4, 0.5) is 4.79 Å². The van der Waals surface area contributed by atoms with Crippen LogP contribution in [-0.4, -0.2) is 55.5 Å². The van der Waals surface area contributed by atoms with Crippen LogP contribution in [0.25, 0.3) is 11.1 Å². The molecule has 0 spiro atoms. The molecule has 3 N–H and O–H groups in total. The highest BCUT2D eigenvalue weighted by Gasteiger charge is 2.47. The fourth-order valence-corrected chi connectivity index (χ4v) is 4.16. The Balaban J connectivity index is 1.38. The number of hydrogen-bond acceptors (Lipinski definition) is 6. The molecule has 168 valence electrons. The highest BCUT2D eigenvalue weighted by atomic mass is 16.7. The SMILES string of the molecule is CC1(C(=O)NOCC(=O)O)COCC1NC(=O)OCC1c2ccccc2-c2ccccc21. The van der Waals surface area contributed by atoms with Gasteiger partial charge in [-0.3, -0.25) is 9.63 Å². The van der Waals surface area contributed by atoms with Gasteiger partial charge in [-0.05, 0) is 29.2 Å². The Labute approximate surface area is 184 Å². The summed E-state index contributed by atoms with van der Waals surface area (Å²) in [6.45, 7) is 1.25. The average molecular weight is 440 g/mol. The van der Waals surface area contributed by atoms with Gasteiger partial charge in [-0.25, -0.2) is 15.1 Å². The molecule has 0 aromatic heterocycles. The summed E-state index contributed by atoms with van der Waals surface area (Å²) in [6, 6.07) is 15.4. The number of carboxylic acid groups (broad SMARTS) is 1. The van der Waals surface area contributed by atoms with E-state index < -0.39 is 36.0 Å². The molecule has 2 amide bonds. The summed E-state index contributed by atoms with van der Waals surface area (Å²) in [6.07, 6.45) is -0.659. The van der Waals surface area contributed by atoms with Gasteiger partial charge in [-0.2, -0.15) is 0 Å². The van der Waals surface area contributed by atoms with Crippen molar-refractivity contribution >= 4 is 18.0 Å². The van der Waals surface area contributed by atoms with Crippen LogP contribution < -0.4 is 10.8 Å². The van der Waals surface area contributed by atoms with Crippen LogP contribution in [0.2, 0.25) is 0 Å². The van der Waals surface area contributed by atoms with E-state index in [9.17, 15) is 14.4 Å². The van der Waals surface area contributed by atoms with E-state index in [2.05, 4.69) is 27.8 Å². The Kier molecular flexibility index (Phi) is 6.11. The second kappa shape index (κ2) is 8.97. The fourth-order valence-electron chi connectivity index (χ4n) is 4.16. The number of carboxylic acids is 1. The zero-order valence-electron chi connectivity index (χ0n) is 17.5. The Morgan fingerprint density at radius 3 is 2.34 bits per heavy atom. The normalized spacial score (nSPS) is 21.5. The van der Waals surface area contributed by atoms with Crippen molar-refractivity contribution < 1.29 is 33.8 Å². The minimum Gasteiger partial charge on any atom is -0.479 e. The van der Waals surface area contributed by atoms with Gasteiger partial charge in [-0.15, -0.1) is 0 Å². The van der Waals surface area contributed by atoms with E-state index >= 15 is 0 Å². The maximum Gasteiger partial charge on any atom is 0.407 e. The summed E-state index contributed by atoms with van der Waals surface area (Å²) in [7, 11) is 0. The molecule has 1 heterocycles. The number of benzene rings is 2. The largest absolute Gasteiger partial charge is 0.479 e. The first kappa shape index (κ1) is 21.8. The third kappa shape index (κ3) is 4.17. The molecule has 2 unspecified atom stereocenters. The number of nitrogens with one attached hydrogen (secondary N) is 2. The minimum absolute atomic E-state index is 0.0452. The van der Waals surface area contributed by atoms with Crippen LogP contribution >= 0.6 is 0 Å². The van der Waals surface area contributed by atoms with E-state index in [0.29, 0.717) is 0 Å². The molecule has 1 saturated heterocycles. The van der Waals surface area contributed by atoms with E-state index in [0.717, 1.165) is 22.3 Å². The summed E-state index contributed by atoms with van der Waals surface area (Å²) >= 11 is 0. The zero-order valence-corrected chi connectivity index (χ0v) is 17.5. The molecule has 2 aromatic rings. The number of aliphatic carboxylic acids is 1. The van der Waals surface area contributed by atoms with Gasteiger partial charge in [0.05, 0.1) is 24.7 Å². The van der Waals surface area contributed by atoms with Crippen LogP contribution in [0.5, 0.6) is 0 Å². The van der Waals surface area contributed by atoms with E-state index in [1.807, 2.05) is 36.4 Å². The van der Waals surface area contributed by atoms with Gasteiger partial charge in [0.25, 0.3) is 5.91 Å². The lowest BCUT2D eigenvalue weighted by Crippen LogP contribution is -2.53. The highest BCUT2D eigenvalue weighted by Crippen LogP contribution is 2.44. The van der Waals surface area contributed by atoms with Crippen LogP contribution in [0.3, 0.4) is 0 Å². The molecule has 9 heteroatoms. The smallest absolute Gasteiger partial charge is 0.407 e. The molecule has 1 aliphatic carbocycles. The summed E-state index contributed by atoms with van der Waals surface area (Å²) in [4.78, 5) is 40.3. The van der Waals surface area contributed by atoms with Gasteiger partial charge < -0.3 is 19.9 Å². The number of amides is 2. The Bertz CT molecular complexity index is 995. The van der Waals surface area contributed by atoms with Crippen LogP contribution in [0.15, 0.2) is 48.5 Å². The van der Waals surface area contributed by atoms with E-state index in [1.165, 1.54) is 0 Å². The van der Waals surface area contributed by atoms with Crippen molar-refractivity contribution in [2.24, 2.45) is 5.41 Å². The number of carbonyl (C=O) groups excluding carboxylic acids is 2. The predicted molar refractivity (Wildman–Crippen MR) is 113 cm³/mol. The van der Waals surface area contributed by atoms with Gasteiger partial charge in [-0.1, -0.05) is 48.5 Å². The topological polar surface area (TPSA) is 123 Å². The van der Waals surface area contributed by atoms with Crippen molar-refractivity contribution in [2.45, 2.75) is 18.9 Å². The van der Waals surface area contributed by atoms with Crippen molar-refractivity contribution in [3.05, 3.63) is 59.7 Å². The quantitative estimate of drug-likeness (QED) is 0.563. The van der Waals surface area contributed by atoms with Gasteiger partial charge in [0.1, 0.15) is 6.61 Å². The van der Waals surface area contributed by atoms with Crippen LogP contribution in [-0.2, 0) is 23.9 Å². The van der Waals surface area contributed by atoms with Gasteiger partial charge in [0, 0.05) is 5.92 Å². The minimum atomic E-state index is -1.22. The van der Waals surface area contributed by atoms with Crippen molar-refractivity contribution in [3.8, 4) is 11.1 Å². The first-order valence-corrected chi connectivity index (χ1v) is 10.2. The molecule has 0 saturated carbocycles. The summed E-state index contributed by atoms with van der Waals surface area (Å²) in [5.41, 5.74) is 5.44. The molecule has 1 aliphatic heterocycles. The third-order valence-corrected chi connectivity index (χ3v) is 5.97. The molecule has 2 aliphatic rings. The number of fused-ring (bicyclic) bond motifs is 3. The number of alkyl carbamates (subject to hydrolysis) is 1. The molecule has 32 heavy (non-hydrogen) atoms. The first-order chi connectivity index (χ1) is 15.4.